The Morgan fingerprint density at radius 2 is 1.81 bits per heavy atom. The number of anilines is 2. The number of halogens is 3. The van der Waals surface area contributed by atoms with Crippen molar-refractivity contribution in [3.8, 4) is 0 Å². The Bertz CT molecular complexity index is 747. The van der Waals surface area contributed by atoms with Gasteiger partial charge in [0.05, 0.1) is 23.4 Å². The maximum absolute atomic E-state index is 12.9. The van der Waals surface area contributed by atoms with Crippen molar-refractivity contribution in [1.82, 2.24) is 0 Å². The number of hydrogen-bond donors (Lipinski definition) is 1. The molecule has 0 aliphatic rings. The van der Waals surface area contributed by atoms with Crippen LogP contribution in [-0.2, 0) is 15.7 Å². The lowest BCUT2D eigenvalue weighted by Crippen LogP contribution is -2.13. The molecule has 146 valence electrons. The normalized spacial score (nSPS) is 11.3. The number of alkyl halides is 3. The topological polar surface area (TPSA) is 47.6 Å². The van der Waals surface area contributed by atoms with Gasteiger partial charge in [-0.15, -0.1) is 0 Å². The average molecular weight is 381 g/mol. The number of ether oxygens (including phenoxy) is 2. The average Bonchev–Trinajstić information content (AvgIpc) is 2.64. The molecule has 2 rings (SSSR count). The molecule has 2 aromatic carbocycles. The number of rotatable bonds is 9. The fourth-order valence-corrected chi connectivity index (χ4v) is 2.32. The number of nitrogens with one attached hydrogen (secondary N) is 1. The third-order valence-corrected chi connectivity index (χ3v) is 3.72. The van der Waals surface area contributed by atoms with Crippen LogP contribution in [0.5, 0.6) is 0 Å². The molecule has 7 heteroatoms. The van der Waals surface area contributed by atoms with Crippen molar-refractivity contribution in [3.05, 3.63) is 59.7 Å². The van der Waals surface area contributed by atoms with Gasteiger partial charge in [0.2, 0.25) is 0 Å². The van der Waals surface area contributed by atoms with E-state index in [1.54, 1.807) is 24.3 Å². The Hall–Kier alpha value is -2.54. The highest BCUT2D eigenvalue weighted by Crippen LogP contribution is 2.31. The first-order valence-electron chi connectivity index (χ1n) is 8.70. The van der Waals surface area contributed by atoms with Crippen LogP contribution >= 0.6 is 0 Å². The van der Waals surface area contributed by atoms with Gasteiger partial charge in [-0.2, -0.15) is 13.2 Å². The molecule has 0 heterocycles. The van der Waals surface area contributed by atoms with Gasteiger partial charge in [-0.3, -0.25) is 0 Å². The van der Waals surface area contributed by atoms with E-state index in [1.165, 1.54) is 12.1 Å². The number of benzene rings is 2. The third-order valence-electron chi connectivity index (χ3n) is 3.72. The SMILES string of the molecule is CCCCOCCOC(=O)c1ccccc1Nc1cccc(C(F)(F)F)c1. The predicted molar refractivity (Wildman–Crippen MR) is 97.2 cm³/mol. The molecule has 0 aliphatic carbocycles. The molecule has 0 radical (unpaired) electrons. The van der Waals surface area contributed by atoms with Crippen LogP contribution in [0.25, 0.3) is 0 Å². The molecular weight excluding hydrogens is 359 g/mol. The van der Waals surface area contributed by atoms with E-state index >= 15 is 0 Å². The first kappa shape index (κ1) is 20.8. The van der Waals surface area contributed by atoms with Crippen LogP contribution in [0.2, 0.25) is 0 Å². The van der Waals surface area contributed by atoms with Crippen LogP contribution in [0.3, 0.4) is 0 Å². The van der Waals surface area contributed by atoms with Gasteiger partial charge in [-0.05, 0) is 36.8 Å². The van der Waals surface area contributed by atoms with E-state index in [0.717, 1.165) is 25.0 Å². The van der Waals surface area contributed by atoms with E-state index in [4.69, 9.17) is 9.47 Å². The van der Waals surface area contributed by atoms with Crippen molar-refractivity contribution in [2.45, 2.75) is 25.9 Å². The standard InChI is InChI=1S/C20H22F3NO3/c1-2-3-11-26-12-13-27-19(25)17-9-4-5-10-18(17)24-16-8-6-7-15(14-16)20(21,22)23/h4-10,14,24H,2-3,11-13H2,1H3. The molecule has 27 heavy (non-hydrogen) atoms. The van der Waals surface area contributed by atoms with Crippen LogP contribution in [0, 0.1) is 0 Å². The fraction of sp³-hybridized carbons (Fsp3) is 0.350. The summed E-state index contributed by atoms with van der Waals surface area (Å²) in [7, 11) is 0. The zero-order chi connectivity index (χ0) is 19.7. The second-order valence-corrected chi connectivity index (χ2v) is 5.85. The van der Waals surface area contributed by atoms with Gasteiger partial charge in [-0.25, -0.2) is 4.79 Å². The summed E-state index contributed by atoms with van der Waals surface area (Å²) in [6.07, 6.45) is -2.47. The third kappa shape index (κ3) is 6.60. The summed E-state index contributed by atoms with van der Waals surface area (Å²) in [5, 5.41) is 2.85. The van der Waals surface area contributed by atoms with E-state index in [2.05, 4.69) is 12.2 Å². The number of unbranched alkanes of at least 4 members (excludes halogenated alkanes) is 1. The fourth-order valence-electron chi connectivity index (χ4n) is 2.32. The molecule has 2 aromatic rings. The Kier molecular flexibility index (Phi) is 7.67. The molecule has 0 aliphatic heterocycles. The highest BCUT2D eigenvalue weighted by Gasteiger charge is 2.30. The van der Waals surface area contributed by atoms with Gasteiger partial charge < -0.3 is 14.8 Å². The van der Waals surface area contributed by atoms with Crippen LogP contribution in [0.1, 0.15) is 35.7 Å². The molecule has 0 spiro atoms. The monoisotopic (exact) mass is 381 g/mol. The Morgan fingerprint density at radius 3 is 2.56 bits per heavy atom. The van der Waals surface area contributed by atoms with E-state index in [9.17, 15) is 18.0 Å². The Morgan fingerprint density at radius 1 is 1.04 bits per heavy atom. The summed E-state index contributed by atoms with van der Waals surface area (Å²) in [5.41, 5.74) is 0.0713. The molecule has 0 amide bonds. The van der Waals surface area contributed by atoms with Crippen molar-refractivity contribution in [2.24, 2.45) is 0 Å². The minimum absolute atomic E-state index is 0.112. The van der Waals surface area contributed by atoms with Gasteiger partial charge in [0.25, 0.3) is 0 Å². The van der Waals surface area contributed by atoms with Crippen LogP contribution < -0.4 is 5.32 Å². The van der Waals surface area contributed by atoms with Crippen LogP contribution in [0.15, 0.2) is 48.5 Å². The van der Waals surface area contributed by atoms with Gasteiger partial charge in [0.15, 0.2) is 0 Å². The molecule has 0 saturated heterocycles. The summed E-state index contributed by atoms with van der Waals surface area (Å²) in [6, 6.07) is 11.3. The molecule has 0 fully saturated rings. The van der Waals surface area contributed by atoms with E-state index in [0.29, 0.717) is 18.9 Å². The lowest BCUT2D eigenvalue weighted by molar-refractivity contribution is -0.137. The predicted octanol–water partition coefficient (Wildman–Crippen LogP) is 5.42. The maximum Gasteiger partial charge on any atom is 0.416 e. The van der Waals surface area contributed by atoms with Crippen molar-refractivity contribution < 1.29 is 27.4 Å². The van der Waals surface area contributed by atoms with Crippen molar-refractivity contribution >= 4 is 17.3 Å². The Balaban J connectivity index is 2.02. The molecular formula is C20H22F3NO3. The molecule has 0 unspecified atom stereocenters. The number of carbonyl (C=O) groups is 1. The molecule has 0 aromatic heterocycles. The first-order chi connectivity index (χ1) is 12.9. The highest BCUT2D eigenvalue weighted by molar-refractivity contribution is 5.96. The number of hydrogen-bond acceptors (Lipinski definition) is 4. The highest BCUT2D eigenvalue weighted by atomic mass is 19.4. The molecule has 0 bridgehead atoms. The molecule has 0 atom stereocenters. The van der Waals surface area contributed by atoms with Crippen LogP contribution in [-0.4, -0.2) is 25.8 Å². The minimum atomic E-state index is -4.44. The minimum Gasteiger partial charge on any atom is -0.460 e. The van der Waals surface area contributed by atoms with Crippen molar-refractivity contribution in [3.63, 3.8) is 0 Å². The van der Waals surface area contributed by atoms with E-state index in [-0.39, 0.29) is 17.9 Å². The van der Waals surface area contributed by atoms with Crippen molar-refractivity contribution in [1.29, 1.82) is 0 Å². The van der Waals surface area contributed by atoms with Crippen molar-refractivity contribution in [2.75, 3.05) is 25.1 Å². The number of carbonyl (C=O) groups excluding carboxylic acids is 1. The molecule has 4 nitrogen and oxygen atoms in total. The summed E-state index contributed by atoms with van der Waals surface area (Å²) < 4.78 is 49.1. The smallest absolute Gasteiger partial charge is 0.416 e. The number of esters is 1. The second kappa shape index (κ2) is 9.97. The number of para-hydroxylation sites is 1. The summed E-state index contributed by atoms with van der Waals surface area (Å²) in [5.74, 6) is -0.566. The van der Waals surface area contributed by atoms with Gasteiger partial charge >= 0.3 is 12.1 Å². The second-order valence-electron chi connectivity index (χ2n) is 5.85. The van der Waals surface area contributed by atoms with Gasteiger partial charge in [0.1, 0.15) is 6.61 Å². The van der Waals surface area contributed by atoms with Gasteiger partial charge in [-0.1, -0.05) is 31.5 Å². The maximum atomic E-state index is 12.9. The summed E-state index contributed by atoms with van der Waals surface area (Å²) in [4.78, 5) is 12.3. The molecule has 0 saturated carbocycles. The van der Waals surface area contributed by atoms with E-state index < -0.39 is 17.7 Å². The summed E-state index contributed by atoms with van der Waals surface area (Å²) in [6.45, 7) is 3.08. The largest absolute Gasteiger partial charge is 0.460 e. The lowest BCUT2D eigenvalue weighted by Gasteiger charge is -2.13. The zero-order valence-corrected chi connectivity index (χ0v) is 15.0. The first-order valence-corrected chi connectivity index (χ1v) is 8.70. The van der Waals surface area contributed by atoms with E-state index in [1.807, 2.05) is 0 Å². The Labute approximate surface area is 156 Å². The van der Waals surface area contributed by atoms with Gasteiger partial charge in [0, 0.05) is 12.3 Å². The zero-order valence-electron chi connectivity index (χ0n) is 15.0. The van der Waals surface area contributed by atoms with Crippen LogP contribution in [0.4, 0.5) is 24.5 Å². The quantitative estimate of drug-likeness (QED) is 0.465. The lowest BCUT2D eigenvalue weighted by atomic mass is 10.1. The summed E-state index contributed by atoms with van der Waals surface area (Å²) >= 11 is 0. The molecule has 1 N–H and O–H groups in total.